The Balaban J connectivity index is 3.06. The van der Waals surface area contributed by atoms with Crippen LogP contribution < -0.4 is 0 Å². The van der Waals surface area contributed by atoms with Crippen LogP contribution in [0.25, 0.3) is 0 Å². The normalized spacial score (nSPS) is 24.9. The number of esters is 1. The number of likely N-dealkylation sites (tertiary alicyclic amines) is 1. The maximum Gasteiger partial charge on any atom is 0.411 e. The highest BCUT2D eigenvalue weighted by atomic mass is 79.9. The van der Waals surface area contributed by atoms with Crippen molar-refractivity contribution in [3.05, 3.63) is 10.6 Å². The first-order valence-corrected chi connectivity index (χ1v) is 7.56. The Morgan fingerprint density at radius 1 is 1.45 bits per heavy atom. The molecule has 0 bridgehead atoms. The smallest absolute Gasteiger partial charge is 0.411 e. The maximum absolute atomic E-state index is 12.3. The molecular weight excluding hydrogens is 326 g/mol. The Morgan fingerprint density at radius 3 is 2.50 bits per heavy atom. The van der Waals surface area contributed by atoms with Gasteiger partial charge in [0.1, 0.15) is 5.60 Å². The Hall–Kier alpha value is -1.04. The summed E-state index contributed by atoms with van der Waals surface area (Å²) in [6, 6.07) is 0. The van der Waals surface area contributed by atoms with Crippen LogP contribution in [-0.4, -0.2) is 41.3 Å². The van der Waals surface area contributed by atoms with E-state index in [2.05, 4.69) is 15.9 Å². The van der Waals surface area contributed by atoms with Gasteiger partial charge in [-0.25, -0.2) is 9.59 Å². The predicted octanol–water partition coefficient (Wildman–Crippen LogP) is 3.23. The third-order valence-corrected chi connectivity index (χ3v) is 3.74. The molecule has 0 aromatic rings. The van der Waals surface area contributed by atoms with Crippen molar-refractivity contribution in [3.8, 4) is 0 Å². The third-order valence-electron chi connectivity index (χ3n) is 3.19. The molecule has 1 rings (SSSR count). The summed E-state index contributed by atoms with van der Waals surface area (Å²) in [5.41, 5.74) is -0.906. The van der Waals surface area contributed by atoms with Gasteiger partial charge in [-0.15, -0.1) is 0 Å². The first kappa shape index (κ1) is 17.0. The zero-order valence-corrected chi connectivity index (χ0v) is 14.2. The van der Waals surface area contributed by atoms with Crippen molar-refractivity contribution in [3.63, 3.8) is 0 Å². The number of carbonyl (C=O) groups is 2. The largest absolute Gasteiger partial charge is 0.464 e. The highest BCUT2D eigenvalue weighted by molar-refractivity contribution is 9.11. The monoisotopic (exact) mass is 347 g/mol. The van der Waals surface area contributed by atoms with E-state index in [0.29, 0.717) is 13.0 Å². The van der Waals surface area contributed by atoms with E-state index in [1.807, 2.05) is 0 Å². The van der Waals surface area contributed by atoms with Crippen LogP contribution in [0.5, 0.6) is 0 Å². The van der Waals surface area contributed by atoms with Gasteiger partial charge < -0.3 is 9.47 Å². The van der Waals surface area contributed by atoms with Crippen molar-refractivity contribution in [2.75, 3.05) is 13.2 Å². The molecule has 0 N–H and O–H groups in total. The molecular formula is C14H22BrNO4. The Kier molecular flexibility index (Phi) is 5.24. The second-order valence-corrected chi connectivity index (χ2v) is 6.27. The summed E-state index contributed by atoms with van der Waals surface area (Å²) in [5, 5.41) is 0. The van der Waals surface area contributed by atoms with Gasteiger partial charge in [-0.3, -0.25) is 4.90 Å². The number of hydrogen-bond acceptors (Lipinski definition) is 4. The second kappa shape index (κ2) is 6.16. The molecule has 1 heterocycles. The fraction of sp³-hybridized carbons (Fsp3) is 0.714. The molecule has 20 heavy (non-hydrogen) atoms. The molecule has 1 fully saturated rings. The topological polar surface area (TPSA) is 55.8 Å². The quantitative estimate of drug-likeness (QED) is 0.719. The van der Waals surface area contributed by atoms with E-state index in [1.165, 1.54) is 4.90 Å². The van der Waals surface area contributed by atoms with Crippen LogP contribution in [0, 0.1) is 0 Å². The molecule has 114 valence electrons. The lowest BCUT2D eigenvalue weighted by atomic mass is 9.94. The molecule has 1 aliphatic heterocycles. The number of halogens is 1. The van der Waals surface area contributed by atoms with Crippen molar-refractivity contribution in [2.24, 2.45) is 0 Å². The molecule has 0 aromatic carbocycles. The van der Waals surface area contributed by atoms with Gasteiger partial charge in [0, 0.05) is 6.54 Å². The van der Waals surface area contributed by atoms with E-state index < -0.39 is 23.2 Å². The van der Waals surface area contributed by atoms with E-state index in [9.17, 15) is 9.59 Å². The van der Waals surface area contributed by atoms with Gasteiger partial charge in [-0.2, -0.15) is 0 Å². The number of rotatable bonds is 2. The fourth-order valence-corrected chi connectivity index (χ4v) is 2.81. The lowest BCUT2D eigenvalue weighted by molar-refractivity contribution is -0.152. The first-order valence-electron chi connectivity index (χ1n) is 6.64. The summed E-state index contributed by atoms with van der Waals surface area (Å²) in [4.78, 5) is 27.7. The van der Waals surface area contributed by atoms with Crippen LogP contribution in [0.1, 0.15) is 41.0 Å². The van der Waals surface area contributed by atoms with Gasteiger partial charge in [0.25, 0.3) is 0 Å². The first-order chi connectivity index (χ1) is 9.16. The predicted molar refractivity (Wildman–Crippen MR) is 79.6 cm³/mol. The fourth-order valence-electron chi connectivity index (χ4n) is 2.14. The summed E-state index contributed by atoms with van der Waals surface area (Å²) >= 11 is 3.26. The zero-order valence-electron chi connectivity index (χ0n) is 12.7. The van der Waals surface area contributed by atoms with Crippen molar-refractivity contribution in [1.29, 1.82) is 0 Å². The van der Waals surface area contributed by atoms with Crippen LogP contribution >= 0.6 is 15.9 Å². The van der Waals surface area contributed by atoms with E-state index >= 15 is 0 Å². The zero-order chi connectivity index (χ0) is 15.6. The van der Waals surface area contributed by atoms with Crippen LogP contribution in [0.2, 0.25) is 0 Å². The number of ether oxygens (including phenoxy) is 2. The van der Waals surface area contributed by atoms with Crippen LogP contribution in [0.4, 0.5) is 4.79 Å². The molecule has 1 amide bonds. The van der Waals surface area contributed by atoms with Crippen molar-refractivity contribution in [1.82, 2.24) is 4.90 Å². The molecule has 1 atom stereocenters. The Morgan fingerprint density at radius 2 is 2.05 bits per heavy atom. The lowest BCUT2D eigenvalue weighted by Crippen LogP contribution is -2.53. The summed E-state index contributed by atoms with van der Waals surface area (Å²) < 4.78 is 10.5. The molecule has 0 spiro atoms. The third kappa shape index (κ3) is 3.34. The Labute approximate surface area is 128 Å². The van der Waals surface area contributed by atoms with Gasteiger partial charge in [-0.1, -0.05) is 15.9 Å². The van der Waals surface area contributed by atoms with Gasteiger partial charge >= 0.3 is 12.1 Å². The maximum atomic E-state index is 12.3. The van der Waals surface area contributed by atoms with Gasteiger partial charge in [0.2, 0.25) is 0 Å². The average molecular weight is 348 g/mol. The molecule has 0 saturated carbocycles. The van der Waals surface area contributed by atoms with Crippen molar-refractivity contribution in [2.45, 2.75) is 52.2 Å². The Bertz CT molecular complexity index is 427. The molecule has 0 radical (unpaired) electrons. The number of nitrogens with zero attached hydrogens (tertiary/aromatic N) is 1. The molecule has 0 aromatic heterocycles. The molecule has 1 aliphatic rings. The number of hydrogen-bond donors (Lipinski definition) is 0. The van der Waals surface area contributed by atoms with Crippen molar-refractivity contribution < 1.29 is 19.1 Å². The van der Waals surface area contributed by atoms with E-state index in [0.717, 1.165) is 5.57 Å². The van der Waals surface area contributed by atoms with Crippen LogP contribution in [-0.2, 0) is 14.3 Å². The standard InChI is InChI=1S/C14H22BrNO4/c1-6-19-11(17)14(5)10(9-15)7-8-16(14)12(18)20-13(2,3)4/h9H,6-8H2,1-5H3/b10-9-/t14-/m1/s1. The summed E-state index contributed by atoms with van der Waals surface area (Å²) in [5.74, 6) is -0.436. The molecule has 1 saturated heterocycles. The second-order valence-electron chi connectivity index (χ2n) is 5.81. The van der Waals surface area contributed by atoms with Gasteiger partial charge in [0.05, 0.1) is 6.61 Å². The molecule has 5 nitrogen and oxygen atoms in total. The van der Waals surface area contributed by atoms with Gasteiger partial charge in [-0.05, 0) is 51.6 Å². The van der Waals surface area contributed by atoms with Crippen LogP contribution in [0.15, 0.2) is 10.6 Å². The minimum Gasteiger partial charge on any atom is -0.464 e. The summed E-state index contributed by atoms with van der Waals surface area (Å²) in [6.45, 7) is 9.52. The van der Waals surface area contributed by atoms with E-state index in [1.54, 1.807) is 39.6 Å². The minimum atomic E-state index is -1.11. The summed E-state index contributed by atoms with van der Waals surface area (Å²) in [6.07, 6.45) is 0.109. The highest BCUT2D eigenvalue weighted by Crippen LogP contribution is 2.37. The molecule has 0 aliphatic carbocycles. The number of amides is 1. The number of carbonyl (C=O) groups excluding carboxylic acids is 2. The minimum absolute atomic E-state index is 0.270. The molecule has 0 unspecified atom stereocenters. The van der Waals surface area contributed by atoms with E-state index in [-0.39, 0.29) is 6.61 Å². The summed E-state index contributed by atoms with van der Waals surface area (Å²) in [7, 11) is 0. The SMILES string of the molecule is CCOC(=O)[C@@]1(C)/C(=C\Br)CCN1C(=O)OC(C)(C)C. The average Bonchev–Trinajstić information content (AvgIpc) is 2.65. The van der Waals surface area contributed by atoms with Gasteiger partial charge in [0.15, 0.2) is 5.54 Å². The van der Waals surface area contributed by atoms with E-state index in [4.69, 9.17) is 9.47 Å². The van der Waals surface area contributed by atoms with Crippen LogP contribution in [0.3, 0.4) is 0 Å². The molecule has 6 heteroatoms. The highest BCUT2D eigenvalue weighted by Gasteiger charge is 2.51. The lowest BCUT2D eigenvalue weighted by Gasteiger charge is -2.34. The van der Waals surface area contributed by atoms with Crippen molar-refractivity contribution >= 4 is 28.0 Å².